The Balaban J connectivity index is 2.21. The lowest BCUT2D eigenvalue weighted by Crippen LogP contribution is -2.10. The fraction of sp³-hybridized carbons (Fsp3) is 0. The van der Waals surface area contributed by atoms with Crippen LogP contribution in [0.4, 0.5) is 0 Å². The first kappa shape index (κ1) is 10.7. The normalized spacial score (nSPS) is 15.8. The Morgan fingerprint density at radius 1 is 0.938 bits per heavy atom. The molecule has 0 spiro atoms. The lowest BCUT2D eigenvalue weighted by atomic mass is 10.1. The largest absolute Gasteiger partial charge is 0.504 e. The van der Waals surface area contributed by atoms with Crippen molar-refractivity contribution in [3.63, 3.8) is 0 Å². The second-order valence-corrected chi connectivity index (χ2v) is 4.30. The maximum atomic E-state index is 11.5. The highest BCUT2D eigenvalue weighted by atomic mass is 32.2. The van der Waals surface area contributed by atoms with Crippen molar-refractivity contribution in [3.05, 3.63) is 53.1 Å². The first-order chi connectivity index (χ1) is 7.66. The Morgan fingerprint density at radius 2 is 1.62 bits per heavy atom. The van der Waals surface area contributed by atoms with Crippen LogP contribution in [0, 0.1) is 0 Å². The summed E-state index contributed by atoms with van der Waals surface area (Å²) in [4.78, 5) is 23.9. The van der Waals surface area contributed by atoms with E-state index in [-0.39, 0.29) is 5.78 Å². The van der Waals surface area contributed by atoms with Crippen LogP contribution in [-0.2, 0) is 9.59 Å². The number of benzene rings is 1. The van der Waals surface area contributed by atoms with Gasteiger partial charge in [-0.25, -0.2) is 0 Å². The summed E-state index contributed by atoms with van der Waals surface area (Å²) in [7, 11) is 0. The molecule has 1 aromatic carbocycles. The molecule has 0 fully saturated rings. The summed E-state index contributed by atoms with van der Waals surface area (Å²) in [6, 6.07) is 9.28. The number of hydrogen-bond donors (Lipinski definition) is 1. The SMILES string of the molecule is O=C1C=C(Sc2ccccc2)C(=O)C=C1O. The molecule has 80 valence electrons. The second-order valence-electron chi connectivity index (χ2n) is 3.18. The van der Waals surface area contributed by atoms with Gasteiger partial charge in [-0.3, -0.25) is 9.59 Å². The zero-order valence-electron chi connectivity index (χ0n) is 8.21. The minimum Gasteiger partial charge on any atom is -0.504 e. The van der Waals surface area contributed by atoms with Crippen LogP contribution in [0.5, 0.6) is 0 Å². The molecule has 0 atom stereocenters. The number of hydrogen-bond acceptors (Lipinski definition) is 4. The van der Waals surface area contributed by atoms with Gasteiger partial charge < -0.3 is 5.11 Å². The van der Waals surface area contributed by atoms with Crippen molar-refractivity contribution in [2.45, 2.75) is 4.90 Å². The highest BCUT2D eigenvalue weighted by Crippen LogP contribution is 2.29. The van der Waals surface area contributed by atoms with Crippen LogP contribution >= 0.6 is 11.8 Å². The van der Waals surface area contributed by atoms with Crippen molar-refractivity contribution in [1.82, 2.24) is 0 Å². The molecule has 0 saturated carbocycles. The molecule has 0 saturated heterocycles. The molecule has 0 aliphatic heterocycles. The highest BCUT2D eigenvalue weighted by Gasteiger charge is 2.20. The van der Waals surface area contributed by atoms with Crippen LogP contribution in [0.1, 0.15) is 0 Å². The van der Waals surface area contributed by atoms with Crippen LogP contribution in [0.2, 0.25) is 0 Å². The van der Waals surface area contributed by atoms with E-state index in [1.807, 2.05) is 30.3 Å². The molecule has 0 amide bonds. The van der Waals surface area contributed by atoms with Crippen molar-refractivity contribution < 1.29 is 14.7 Å². The summed E-state index contributed by atoms with van der Waals surface area (Å²) < 4.78 is 0. The van der Waals surface area contributed by atoms with Gasteiger partial charge in [0.25, 0.3) is 0 Å². The molecule has 0 unspecified atom stereocenters. The summed E-state index contributed by atoms with van der Waals surface area (Å²) in [5.41, 5.74) is 0. The maximum Gasteiger partial charge on any atom is 0.221 e. The van der Waals surface area contributed by atoms with Gasteiger partial charge in [-0.05, 0) is 12.1 Å². The molecular formula is C12H8O3S. The van der Waals surface area contributed by atoms with Crippen molar-refractivity contribution in [3.8, 4) is 0 Å². The average molecular weight is 232 g/mol. The van der Waals surface area contributed by atoms with Gasteiger partial charge in [0.1, 0.15) is 0 Å². The Kier molecular flexibility index (Phi) is 2.92. The molecule has 1 aromatic rings. The molecule has 3 nitrogen and oxygen atoms in total. The van der Waals surface area contributed by atoms with Crippen LogP contribution in [0.25, 0.3) is 0 Å². The quantitative estimate of drug-likeness (QED) is 0.794. The Labute approximate surface area is 96.5 Å². The zero-order chi connectivity index (χ0) is 11.5. The first-order valence-corrected chi connectivity index (χ1v) is 5.42. The number of ketones is 2. The predicted molar refractivity (Wildman–Crippen MR) is 61.1 cm³/mol. The first-order valence-electron chi connectivity index (χ1n) is 4.61. The minimum absolute atomic E-state index is 0.328. The third kappa shape index (κ3) is 2.23. The van der Waals surface area contributed by atoms with Gasteiger partial charge in [0.2, 0.25) is 5.78 Å². The van der Waals surface area contributed by atoms with E-state index in [2.05, 4.69) is 0 Å². The summed E-state index contributed by atoms with van der Waals surface area (Å²) in [6.45, 7) is 0. The Bertz CT molecular complexity index is 500. The topological polar surface area (TPSA) is 54.4 Å². The van der Waals surface area contributed by atoms with E-state index in [9.17, 15) is 9.59 Å². The van der Waals surface area contributed by atoms with Gasteiger partial charge in [0.15, 0.2) is 11.5 Å². The molecule has 16 heavy (non-hydrogen) atoms. The number of rotatable bonds is 2. The van der Waals surface area contributed by atoms with Gasteiger partial charge in [-0.2, -0.15) is 0 Å². The van der Waals surface area contributed by atoms with Gasteiger partial charge in [0.05, 0.1) is 4.91 Å². The van der Waals surface area contributed by atoms with Gasteiger partial charge in [-0.15, -0.1) is 0 Å². The molecule has 2 rings (SSSR count). The number of aliphatic hydroxyl groups excluding tert-OH is 1. The fourth-order valence-corrected chi connectivity index (χ4v) is 2.10. The number of aliphatic hydroxyl groups is 1. The summed E-state index contributed by atoms with van der Waals surface area (Å²) >= 11 is 1.21. The van der Waals surface area contributed by atoms with Crippen molar-refractivity contribution >= 4 is 23.3 Å². The second kappa shape index (κ2) is 4.37. The number of thioether (sulfide) groups is 1. The van der Waals surface area contributed by atoms with Gasteiger partial charge in [-0.1, -0.05) is 30.0 Å². The Hall–Kier alpha value is -1.81. The van der Waals surface area contributed by atoms with E-state index >= 15 is 0 Å². The molecule has 0 radical (unpaired) electrons. The molecule has 1 N–H and O–H groups in total. The maximum absolute atomic E-state index is 11.5. The predicted octanol–water partition coefficient (Wildman–Crippen LogP) is 2.26. The molecule has 0 aromatic heterocycles. The van der Waals surface area contributed by atoms with E-state index in [1.165, 1.54) is 11.8 Å². The van der Waals surface area contributed by atoms with E-state index < -0.39 is 11.5 Å². The van der Waals surface area contributed by atoms with E-state index in [4.69, 9.17) is 5.11 Å². The van der Waals surface area contributed by atoms with Crippen LogP contribution in [0.15, 0.2) is 58.0 Å². The monoisotopic (exact) mass is 232 g/mol. The van der Waals surface area contributed by atoms with Crippen LogP contribution < -0.4 is 0 Å². The van der Waals surface area contributed by atoms with E-state index in [0.717, 1.165) is 17.0 Å². The third-order valence-electron chi connectivity index (χ3n) is 2.00. The van der Waals surface area contributed by atoms with Crippen molar-refractivity contribution in [2.75, 3.05) is 0 Å². The fourth-order valence-electron chi connectivity index (χ4n) is 1.23. The Morgan fingerprint density at radius 3 is 2.31 bits per heavy atom. The van der Waals surface area contributed by atoms with Gasteiger partial charge in [0, 0.05) is 17.0 Å². The van der Waals surface area contributed by atoms with E-state index in [1.54, 1.807) is 0 Å². The van der Waals surface area contributed by atoms with Crippen molar-refractivity contribution in [1.29, 1.82) is 0 Å². The lowest BCUT2D eigenvalue weighted by molar-refractivity contribution is -0.116. The number of allylic oxidation sites excluding steroid dienone is 3. The summed E-state index contributed by atoms with van der Waals surface area (Å²) in [6.07, 6.45) is 2.11. The van der Waals surface area contributed by atoms with Gasteiger partial charge >= 0.3 is 0 Å². The van der Waals surface area contributed by atoms with E-state index in [0.29, 0.717) is 4.91 Å². The highest BCUT2D eigenvalue weighted by molar-refractivity contribution is 8.04. The number of carbonyl (C=O) groups is 2. The third-order valence-corrected chi connectivity index (χ3v) is 3.04. The number of carbonyl (C=O) groups excluding carboxylic acids is 2. The smallest absolute Gasteiger partial charge is 0.221 e. The molecular weight excluding hydrogens is 224 g/mol. The van der Waals surface area contributed by atoms with Crippen LogP contribution in [0.3, 0.4) is 0 Å². The molecule has 0 bridgehead atoms. The molecule has 0 heterocycles. The lowest BCUT2D eigenvalue weighted by Gasteiger charge is -2.07. The molecule has 1 aliphatic carbocycles. The van der Waals surface area contributed by atoms with Crippen LogP contribution in [-0.4, -0.2) is 16.7 Å². The minimum atomic E-state index is -0.530. The zero-order valence-corrected chi connectivity index (χ0v) is 9.03. The standard InChI is InChI=1S/C12H8O3S/c13-9-6-11(15)12(7-10(9)14)16-8-4-2-1-3-5-8/h1-7,13H. The molecule has 4 heteroatoms. The van der Waals surface area contributed by atoms with Crippen molar-refractivity contribution in [2.24, 2.45) is 0 Å². The summed E-state index contributed by atoms with van der Waals surface area (Å²) in [5, 5.41) is 9.07. The molecule has 1 aliphatic rings. The summed E-state index contributed by atoms with van der Waals surface area (Å²) in [5.74, 6) is -1.37. The average Bonchev–Trinajstić information content (AvgIpc) is 2.27.